The van der Waals surface area contributed by atoms with Gasteiger partial charge < -0.3 is 15.6 Å². The molecule has 2 rings (SSSR count). The van der Waals surface area contributed by atoms with Gasteiger partial charge in [-0.1, -0.05) is 0 Å². The predicted octanol–water partition coefficient (Wildman–Crippen LogP) is 0.641. The molecule has 4 nitrogen and oxygen atoms in total. The van der Waals surface area contributed by atoms with Crippen molar-refractivity contribution in [2.75, 3.05) is 5.32 Å². The van der Waals surface area contributed by atoms with Crippen molar-refractivity contribution in [1.82, 2.24) is 5.06 Å². The Labute approximate surface area is 67.6 Å². The number of nitrogens with zero attached hydrogens (tertiary/aromatic N) is 1. The number of anilines is 1. The number of thiophene rings is 1. The number of aliphatic hydroxyl groups excluding tert-OH is 1. The third-order valence-corrected chi connectivity index (χ3v) is 2.52. The molecule has 2 heterocycles. The van der Waals surface area contributed by atoms with E-state index in [9.17, 15) is 0 Å². The minimum atomic E-state index is -0.975. The van der Waals surface area contributed by atoms with Crippen LogP contribution in [-0.4, -0.2) is 21.7 Å². The quantitative estimate of drug-likeness (QED) is 0.537. The number of nitrogens with one attached hydrogen (secondary N) is 1. The second kappa shape index (κ2) is 2.46. The van der Waals surface area contributed by atoms with Gasteiger partial charge in [-0.15, -0.1) is 16.4 Å². The van der Waals surface area contributed by atoms with E-state index in [2.05, 4.69) is 5.32 Å². The third-order valence-electron chi connectivity index (χ3n) is 1.62. The molecule has 0 saturated heterocycles. The van der Waals surface area contributed by atoms with Crippen LogP contribution in [0.15, 0.2) is 11.4 Å². The van der Waals surface area contributed by atoms with Crippen molar-refractivity contribution in [3.05, 3.63) is 16.3 Å². The maximum Gasteiger partial charge on any atom is 0.206 e. The Morgan fingerprint density at radius 1 is 1.73 bits per heavy atom. The van der Waals surface area contributed by atoms with E-state index in [1.54, 1.807) is 11.3 Å². The van der Waals surface area contributed by atoms with Crippen LogP contribution in [0.3, 0.4) is 0 Å². The highest BCUT2D eigenvalue weighted by Crippen LogP contribution is 2.27. The van der Waals surface area contributed by atoms with Crippen LogP contribution in [0.4, 0.5) is 5.69 Å². The molecule has 1 aromatic heterocycles. The maximum absolute atomic E-state index is 9.11. The Bertz CT molecular complexity index is 238. The van der Waals surface area contributed by atoms with Crippen molar-refractivity contribution in [1.29, 1.82) is 0 Å². The first-order valence-electron chi connectivity index (χ1n) is 3.24. The fourth-order valence-electron chi connectivity index (χ4n) is 1.04. The molecular formula is C6H8N2O2S. The minimum absolute atomic E-state index is 0.390. The average molecular weight is 172 g/mol. The van der Waals surface area contributed by atoms with Gasteiger partial charge in [0.1, 0.15) is 0 Å². The monoisotopic (exact) mass is 172 g/mol. The van der Waals surface area contributed by atoms with E-state index < -0.39 is 6.35 Å². The SMILES string of the molecule is OC1Nc2ccsc2CN1O. The van der Waals surface area contributed by atoms with Gasteiger partial charge in [0.25, 0.3) is 0 Å². The van der Waals surface area contributed by atoms with Gasteiger partial charge in [-0.25, -0.2) is 0 Å². The summed E-state index contributed by atoms with van der Waals surface area (Å²) in [4.78, 5) is 1.04. The van der Waals surface area contributed by atoms with E-state index in [4.69, 9.17) is 10.3 Å². The lowest BCUT2D eigenvalue weighted by Crippen LogP contribution is -2.41. The second-order valence-corrected chi connectivity index (χ2v) is 3.37. The molecule has 0 radical (unpaired) electrons. The van der Waals surface area contributed by atoms with Crippen molar-refractivity contribution in [3.8, 4) is 0 Å². The Hall–Kier alpha value is -0.620. The summed E-state index contributed by atoms with van der Waals surface area (Å²) in [6, 6.07) is 1.89. The molecule has 1 aromatic rings. The van der Waals surface area contributed by atoms with E-state index in [1.807, 2.05) is 11.4 Å². The molecule has 60 valence electrons. The molecule has 0 amide bonds. The first-order chi connectivity index (χ1) is 5.27. The zero-order valence-corrected chi connectivity index (χ0v) is 6.51. The molecule has 5 heteroatoms. The van der Waals surface area contributed by atoms with E-state index in [-0.39, 0.29) is 0 Å². The fourth-order valence-corrected chi connectivity index (χ4v) is 1.87. The summed E-state index contributed by atoms with van der Waals surface area (Å²) in [5.41, 5.74) is 0.910. The number of rotatable bonds is 0. The molecule has 0 aliphatic carbocycles. The normalized spacial score (nSPS) is 24.4. The Morgan fingerprint density at radius 3 is 3.36 bits per heavy atom. The van der Waals surface area contributed by atoms with E-state index in [1.165, 1.54) is 0 Å². The van der Waals surface area contributed by atoms with Crippen LogP contribution < -0.4 is 5.32 Å². The highest BCUT2D eigenvalue weighted by molar-refractivity contribution is 7.10. The summed E-state index contributed by atoms with van der Waals surface area (Å²) in [6.45, 7) is 0.390. The number of hydrogen-bond donors (Lipinski definition) is 3. The molecule has 11 heavy (non-hydrogen) atoms. The third kappa shape index (κ3) is 1.12. The summed E-state index contributed by atoms with van der Waals surface area (Å²) in [6.07, 6.45) is -0.975. The highest BCUT2D eigenvalue weighted by Gasteiger charge is 2.22. The highest BCUT2D eigenvalue weighted by atomic mass is 32.1. The molecule has 1 atom stereocenters. The molecule has 3 N–H and O–H groups in total. The van der Waals surface area contributed by atoms with Crippen molar-refractivity contribution in [2.24, 2.45) is 0 Å². The Morgan fingerprint density at radius 2 is 2.55 bits per heavy atom. The first kappa shape index (κ1) is 7.05. The maximum atomic E-state index is 9.11. The van der Waals surface area contributed by atoms with Gasteiger partial charge in [0.05, 0.1) is 12.2 Å². The summed E-state index contributed by atoms with van der Waals surface area (Å²) < 4.78 is 0. The van der Waals surface area contributed by atoms with Crippen molar-refractivity contribution >= 4 is 17.0 Å². The Kier molecular flexibility index (Phi) is 1.57. The van der Waals surface area contributed by atoms with E-state index in [0.29, 0.717) is 6.54 Å². The van der Waals surface area contributed by atoms with Gasteiger partial charge in [-0.2, -0.15) is 0 Å². The lowest BCUT2D eigenvalue weighted by Gasteiger charge is -2.27. The summed E-state index contributed by atoms with van der Waals surface area (Å²) in [5.74, 6) is 0. The van der Waals surface area contributed by atoms with Gasteiger partial charge >= 0.3 is 0 Å². The Balaban J connectivity index is 2.30. The van der Waals surface area contributed by atoms with Crippen molar-refractivity contribution in [2.45, 2.75) is 12.9 Å². The van der Waals surface area contributed by atoms with Crippen LogP contribution in [0.1, 0.15) is 4.88 Å². The molecular weight excluding hydrogens is 164 g/mol. The number of aliphatic hydroxyl groups is 1. The van der Waals surface area contributed by atoms with Gasteiger partial charge in [-0.05, 0) is 11.4 Å². The molecule has 0 saturated carbocycles. The second-order valence-electron chi connectivity index (χ2n) is 2.37. The van der Waals surface area contributed by atoms with Crippen LogP contribution in [-0.2, 0) is 6.54 Å². The lowest BCUT2D eigenvalue weighted by atomic mass is 10.3. The van der Waals surface area contributed by atoms with Gasteiger partial charge in [-0.3, -0.25) is 0 Å². The first-order valence-corrected chi connectivity index (χ1v) is 4.12. The summed E-state index contributed by atoms with van der Waals surface area (Å²) >= 11 is 1.56. The van der Waals surface area contributed by atoms with Gasteiger partial charge in [0, 0.05) is 4.88 Å². The minimum Gasteiger partial charge on any atom is -0.359 e. The molecule has 1 aliphatic rings. The zero-order chi connectivity index (χ0) is 7.84. The molecule has 0 fully saturated rings. The molecule has 0 spiro atoms. The number of hydroxylamine groups is 2. The summed E-state index contributed by atoms with van der Waals surface area (Å²) in [5, 5.41) is 23.7. The van der Waals surface area contributed by atoms with Crippen LogP contribution in [0.25, 0.3) is 0 Å². The smallest absolute Gasteiger partial charge is 0.206 e. The van der Waals surface area contributed by atoms with Crippen LogP contribution in [0.5, 0.6) is 0 Å². The molecule has 1 unspecified atom stereocenters. The fraction of sp³-hybridized carbons (Fsp3) is 0.333. The van der Waals surface area contributed by atoms with Crippen LogP contribution in [0.2, 0.25) is 0 Å². The molecule has 0 aromatic carbocycles. The standard InChI is InChI=1S/C6H8N2O2S/c9-6-7-4-1-2-11-5(4)3-8(6)10/h1-2,6-7,9-10H,3H2. The molecule has 0 bridgehead atoms. The van der Waals surface area contributed by atoms with Gasteiger partial charge in [0.15, 0.2) is 0 Å². The molecule has 1 aliphatic heterocycles. The largest absolute Gasteiger partial charge is 0.359 e. The predicted molar refractivity (Wildman–Crippen MR) is 41.3 cm³/mol. The number of fused-ring (bicyclic) bond motifs is 1. The number of hydrogen-bond acceptors (Lipinski definition) is 5. The van der Waals surface area contributed by atoms with Crippen molar-refractivity contribution in [3.63, 3.8) is 0 Å². The van der Waals surface area contributed by atoms with Crippen molar-refractivity contribution < 1.29 is 10.3 Å². The van der Waals surface area contributed by atoms with E-state index in [0.717, 1.165) is 15.6 Å². The summed E-state index contributed by atoms with van der Waals surface area (Å²) in [7, 11) is 0. The zero-order valence-electron chi connectivity index (χ0n) is 5.69. The lowest BCUT2D eigenvalue weighted by molar-refractivity contribution is -0.194. The topological polar surface area (TPSA) is 55.7 Å². The van der Waals surface area contributed by atoms with Crippen LogP contribution >= 0.6 is 11.3 Å². The van der Waals surface area contributed by atoms with E-state index >= 15 is 0 Å². The average Bonchev–Trinajstić information content (AvgIpc) is 2.36. The van der Waals surface area contributed by atoms with Crippen LogP contribution in [0, 0.1) is 0 Å². The van der Waals surface area contributed by atoms with Gasteiger partial charge in [0.2, 0.25) is 6.35 Å².